The van der Waals surface area contributed by atoms with Crippen molar-refractivity contribution in [2.45, 2.75) is 5.85 Å². The highest BCUT2D eigenvalue weighted by atomic mass is 31.2. The maximum atomic E-state index is 11.8. The van der Waals surface area contributed by atoms with E-state index in [1.807, 2.05) is 6.07 Å². The maximum absolute atomic E-state index is 11.8. The fourth-order valence-corrected chi connectivity index (χ4v) is 2.27. The van der Waals surface area contributed by atoms with Crippen molar-refractivity contribution in [1.82, 2.24) is 0 Å². The summed E-state index contributed by atoms with van der Waals surface area (Å²) in [6.07, 6.45) is 0. The van der Waals surface area contributed by atoms with E-state index in [1.54, 1.807) is 0 Å². The second kappa shape index (κ2) is 5.24. The average molecular weight is 241 g/mol. The molecule has 0 heterocycles. The molecule has 1 unspecified atom stereocenters. The van der Waals surface area contributed by atoms with E-state index in [0.29, 0.717) is 11.1 Å². The molecule has 1 aromatic rings. The third-order valence-electron chi connectivity index (χ3n) is 2.15. The van der Waals surface area contributed by atoms with Crippen LogP contribution in [-0.4, -0.2) is 19.3 Å². The van der Waals surface area contributed by atoms with Gasteiger partial charge in [-0.25, -0.2) is 0 Å². The lowest BCUT2D eigenvalue weighted by atomic mass is 10.2. The molecule has 0 fully saturated rings. The Labute approximate surface area is 93.8 Å². The number of aliphatic hydroxyl groups is 1. The molecule has 5 nitrogen and oxygen atoms in total. The molecule has 16 heavy (non-hydrogen) atoms. The Morgan fingerprint density at radius 1 is 1.31 bits per heavy atom. The van der Waals surface area contributed by atoms with Crippen molar-refractivity contribution in [3.8, 4) is 6.07 Å². The van der Waals surface area contributed by atoms with Crippen LogP contribution in [0.4, 0.5) is 0 Å². The first kappa shape index (κ1) is 12.9. The zero-order chi connectivity index (χ0) is 12.2. The summed E-state index contributed by atoms with van der Waals surface area (Å²) >= 11 is 0. The van der Waals surface area contributed by atoms with Crippen LogP contribution in [0.1, 0.15) is 17.0 Å². The van der Waals surface area contributed by atoms with E-state index < -0.39 is 13.4 Å². The lowest BCUT2D eigenvalue weighted by molar-refractivity contribution is 0.176. The minimum absolute atomic E-state index is 0.381. The second-order valence-electron chi connectivity index (χ2n) is 3.01. The number of hydrogen-bond donors (Lipinski definition) is 1. The molecule has 86 valence electrons. The Hall–Kier alpha value is -1.18. The van der Waals surface area contributed by atoms with Crippen molar-refractivity contribution in [3.63, 3.8) is 0 Å². The third kappa shape index (κ3) is 2.49. The number of nitrogens with zero attached hydrogens (tertiary/aromatic N) is 1. The van der Waals surface area contributed by atoms with Crippen molar-refractivity contribution in [2.24, 2.45) is 0 Å². The molecule has 0 bridgehead atoms. The highest BCUT2D eigenvalue weighted by Gasteiger charge is 2.33. The number of aliphatic hydroxyl groups excluding tert-OH is 1. The first-order valence-electron chi connectivity index (χ1n) is 4.46. The molecule has 0 radical (unpaired) electrons. The highest BCUT2D eigenvalue weighted by Crippen LogP contribution is 2.58. The van der Waals surface area contributed by atoms with Crippen molar-refractivity contribution in [2.75, 3.05) is 14.2 Å². The van der Waals surface area contributed by atoms with Crippen LogP contribution in [0.3, 0.4) is 0 Å². The van der Waals surface area contributed by atoms with Crippen LogP contribution in [0.25, 0.3) is 0 Å². The third-order valence-corrected chi connectivity index (χ3v) is 4.06. The number of benzene rings is 1. The van der Waals surface area contributed by atoms with Gasteiger partial charge in [-0.3, -0.25) is 4.57 Å². The molecule has 1 rings (SSSR count). The first-order chi connectivity index (χ1) is 7.57. The normalized spacial score (nSPS) is 13.1. The minimum Gasteiger partial charge on any atom is -0.376 e. The molecule has 1 atom stereocenters. The molecule has 0 aliphatic rings. The summed E-state index contributed by atoms with van der Waals surface area (Å²) < 4.78 is 21.2. The quantitative estimate of drug-likeness (QED) is 0.816. The standard InChI is InChI=1S/C10H12NO4P/c1-14-16(13,15-2)10(12)9-5-3-8(7-11)4-6-9/h3-6,10,12H,1-2H3. The van der Waals surface area contributed by atoms with Crippen molar-refractivity contribution in [3.05, 3.63) is 35.4 Å². The topological polar surface area (TPSA) is 79.6 Å². The predicted octanol–water partition coefficient (Wildman–Crippen LogP) is 2.04. The zero-order valence-corrected chi connectivity index (χ0v) is 9.85. The molecule has 0 aliphatic heterocycles. The van der Waals surface area contributed by atoms with Crippen LogP contribution in [0.2, 0.25) is 0 Å². The van der Waals surface area contributed by atoms with Gasteiger partial charge in [0, 0.05) is 14.2 Å². The summed E-state index contributed by atoms with van der Waals surface area (Å²) in [5, 5.41) is 18.4. The molecule has 0 spiro atoms. The van der Waals surface area contributed by atoms with Gasteiger partial charge in [0.15, 0.2) is 5.85 Å². The van der Waals surface area contributed by atoms with Crippen LogP contribution >= 0.6 is 7.60 Å². The van der Waals surface area contributed by atoms with Gasteiger partial charge in [0.1, 0.15) is 0 Å². The van der Waals surface area contributed by atoms with E-state index in [1.165, 1.54) is 38.5 Å². The molecule has 0 saturated heterocycles. The SMILES string of the molecule is COP(=O)(OC)C(O)c1ccc(C#N)cc1. The average Bonchev–Trinajstić information content (AvgIpc) is 2.37. The van der Waals surface area contributed by atoms with Crippen molar-refractivity contribution in [1.29, 1.82) is 5.26 Å². The molecule has 0 aliphatic carbocycles. The summed E-state index contributed by atoms with van der Waals surface area (Å²) in [5.74, 6) is -1.35. The summed E-state index contributed by atoms with van der Waals surface area (Å²) in [4.78, 5) is 0. The number of nitriles is 1. The van der Waals surface area contributed by atoms with Crippen LogP contribution in [0.15, 0.2) is 24.3 Å². The van der Waals surface area contributed by atoms with Crippen molar-refractivity contribution < 1.29 is 18.7 Å². The van der Waals surface area contributed by atoms with Gasteiger partial charge in [0.25, 0.3) is 0 Å². The van der Waals surface area contributed by atoms with E-state index in [-0.39, 0.29) is 0 Å². The number of hydrogen-bond acceptors (Lipinski definition) is 5. The molecule has 0 saturated carbocycles. The zero-order valence-electron chi connectivity index (χ0n) is 8.95. The van der Waals surface area contributed by atoms with Gasteiger partial charge in [-0.1, -0.05) is 12.1 Å². The number of rotatable bonds is 4. The molecular weight excluding hydrogens is 229 g/mol. The minimum atomic E-state index is -3.55. The maximum Gasteiger partial charge on any atom is 0.362 e. The van der Waals surface area contributed by atoms with Gasteiger partial charge in [0.05, 0.1) is 11.6 Å². The van der Waals surface area contributed by atoms with E-state index in [4.69, 9.17) is 5.26 Å². The van der Waals surface area contributed by atoms with Crippen molar-refractivity contribution >= 4 is 7.60 Å². The summed E-state index contributed by atoms with van der Waals surface area (Å²) in [6, 6.07) is 8.01. The lowest BCUT2D eigenvalue weighted by Crippen LogP contribution is -2.02. The lowest BCUT2D eigenvalue weighted by Gasteiger charge is -2.19. The van der Waals surface area contributed by atoms with E-state index in [0.717, 1.165) is 0 Å². The van der Waals surface area contributed by atoms with Crippen LogP contribution in [0.5, 0.6) is 0 Å². The Morgan fingerprint density at radius 3 is 2.19 bits per heavy atom. The Kier molecular flexibility index (Phi) is 4.22. The van der Waals surface area contributed by atoms with E-state index in [2.05, 4.69) is 9.05 Å². The van der Waals surface area contributed by atoms with Gasteiger partial charge in [-0.05, 0) is 17.7 Å². The Balaban J connectivity index is 3.01. The summed E-state index contributed by atoms with van der Waals surface area (Å²) in [6.45, 7) is 0. The van der Waals surface area contributed by atoms with Gasteiger partial charge >= 0.3 is 7.60 Å². The van der Waals surface area contributed by atoms with Gasteiger partial charge in [-0.2, -0.15) is 5.26 Å². The largest absolute Gasteiger partial charge is 0.376 e. The van der Waals surface area contributed by atoms with Gasteiger partial charge in [-0.15, -0.1) is 0 Å². The molecule has 1 N–H and O–H groups in total. The summed E-state index contributed by atoms with van der Waals surface area (Å²) in [7, 11) is -1.13. The predicted molar refractivity (Wildman–Crippen MR) is 57.7 cm³/mol. The first-order valence-corrected chi connectivity index (χ1v) is 6.08. The van der Waals surface area contributed by atoms with E-state index in [9.17, 15) is 9.67 Å². The van der Waals surface area contributed by atoms with Crippen LogP contribution < -0.4 is 0 Å². The molecule has 6 heteroatoms. The Morgan fingerprint density at radius 2 is 1.81 bits per heavy atom. The van der Waals surface area contributed by atoms with Crippen LogP contribution in [0, 0.1) is 11.3 Å². The van der Waals surface area contributed by atoms with E-state index >= 15 is 0 Å². The highest BCUT2D eigenvalue weighted by molar-refractivity contribution is 7.53. The van der Waals surface area contributed by atoms with Gasteiger partial charge < -0.3 is 14.2 Å². The Bertz CT molecular complexity index is 429. The molecule has 0 amide bonds. The molecule has 1 aromatic carbocycles. The fraction of sp³-hybridized carbons (Fsp3) is 0.300. The van der Waals surface area contributed by atoms with Crippen LogP contribution in [-0.2, 0) is 13.6 Å². The second-order valence-corrected chi connectivity index (χ2v) is 5.31. The fourth-order valence-electron chi connectivity index (χ4n) is 1.19. The smallest absolute Gasteiger partial charge is 0.362 e. The monoisotopic (exact) mass is 241 g/mol. The molecule has 0 aromatic heterocycles. The molecular formula is C10H12NO4P. The van der Waals surface area contributed by atoms with Gasteiger partial charge in [0.2, 0.25) is 0 Å². The summed E-state index contributed by atoms with van der Waals surface area (Å²) in [5.41, 5.74) is 0.839.